The molecule has 10 heteroatoms. The maximum absolute atomic E-state index is 12.7. The molecule has 0 unspecified atom stereocenters. The van der Waals surface area contributed by atoms with Crippen LogP contribution in [0.2, 0.25) is 0 Å². The summed E-state index contributed by atoms with van der Waals surface area (Å²) in [6.45, 7) is 2.34. The van der Waals surface area contributed by atoms with E-state index in [0.29, 0.717) is 0 Å². The molecule has 154 valence electrons. The van der Waals surface area contributed by atoms with Crippen LogP contribution in [0.3, 0.4) is 0 Å². The van der Waals surface area contributed by atoms with Gasteiger partial charge in [-0.25, -0.2) is 8.42 Å². The Kier molecular flexibility index (Phi) is 7.45. The van der Waals surface area contributed by atoms with Gasteiger partial charge in [0.25, 0.3) is 10.0 Å². The molecule has 2 N–H and O–H groups in total. The quantitative estimate of drug-likeness (QED) is 0.732. The summed E-state index contributed by atoms with van der Waals surface area (Å²) in [6.07, 6.45) is 0. The number of hydrogen-bond donors (Lipinski definition) is 2. The molecule has 1 saturated heterocycles. The summed E-state index contributed by atoms with van der Waals surface area (Å²) in [4.78, 5) is 2.30. The number of piperazine rings is 1. The highest BCUT2D eigenvalue weighted by atomic mass is 35.5. The van der Waals surface area contributed by atoms with Gasteiger partial charge in [-0.1, -0.05) is 6.07 Å². The number of halogens is 3. The fourth-order valence-corrected chi connectivity index (χ4v) is 4.00. The van der Waals surface area contributed by atoms with E-state index in [-0.39, 0.29) is 28.7 Å². The van der Waals surface area contributed by atoms with Crippen LogP contribution in [-0.2, 0) is 10.0 Å². The molecule has 2 aromatic rings. The monoisotopic (exact) mass is 433 g/mol. The Hall–Kier alpha value is -2.10. The standard InChI is InChI=1S/C18H21F2N3O3S.ClH/c1-13-2-7-16(12-17(13)23-10-8-21-9-11-23)27(24,25)22-14-3-5-15(6-4-14)26-18(19)20;/h2-7,12,18,21-22H,8-11H2,1H3;1H. The van der Waals surface area contributed by atoms with E-state index < -0.39 is 16.6 Å². The minimum Gasteiger partial charge on any atom is -0.435 e. The second-order valence-corrected chi connectivity index (χ2v) is 7.88. The van der Waals surface area contributed by atoms with Crippen molar-refractivity contribution in [1.29, 1.82) is 0 Å². The molecular formula is C18H22ClF2N3O3S. The molecule has 1 aliphatic rings. The van der Waals surface area contributed by atoms with Crippen molar-refractivity contribution >= 4 is 33.8 Å². The summed E-state index contributed by atoms with van der Waals surface area (Å²) in [7, 11) is -3.81. The van der Waals surface area contributed by atoms with Crippen molar-refractivity contribution in [3.05, 3.63) is 48.0 Å². The average molecular weight is 434 g/mol. The van der Waals surface area contributed by atoms with Crippen LogP contribution < -0.4 is 19.7 Å². The van der Waals surface area contributed by atoms with Crippen LogP contribution in [-0.4, -0.2) is 41.2 Å². The normalized spacial score (nSPS) is 14.5. The first-order chi connectivity index (χ1) is 12.8. The minimum absolute atomic E-state index is 0. The molecule has 0 aliphatic carbocycles. The number of sulfonamides is 1. The molecule has 0 bridgehead atoms. The van der Waals surface area contributed by atoms with E-state index >= 15 is 0 Å². The fourth-order valence-electron chi connectivity index (χ4n) is 2.92. The first-order valence-corrected chi connectivity index (χ1v) is 9.97. The number of rotatable bonds is 6. The largest absolute Gasteiger partial charge is 0.435 e. The number of nitrogens with zero attached hydrogens (tertiary/aromatic N) is 1. The smallest absolute Gasteiger partial charge is 0.387 e. The Morgan fingerprint density at radius 1 is 1.11 bits per heavy atom. The van der Waals surface area contributed by atoms with Gasteiger partial charge in [-0.05, 0) is 48.9 Å². The van der Waals surface area contributed by atoms with Crippen molar-refractivity contribution in [3.63, 3.8) is 0 Å². The number of anilines is 2. The second kappa shape index (κ2) is 9.40. The topological polar surface area (TPSA) is 70.7 Å². The van der Waals surface area contributed by atoms with E-state index in [4.69, 9.17) is 0 Å². The van der Waals surface area contributed by atoms with Gasteiger partial charge in [0.05, 0.1) is 4.90 Å². The van der Waals surface area contributed by atoms with E-state index in [1.54, 1.807) is 18.2 Å². The van der Waals surface area contributed by atoms with E-state index in [1.165, 1.54) is 24.3 Å². The third kappa shape index (κ3) is 5.46. The van der Waals surface area contributed by atoms with Crippen molar-refractivity contribution in [2.45, 2.75) is 18.4 Å². The van der Waals surface area contributed by atoms with Crippen molar-refractivity contribution in [2.24, 2.45) is 0 Å². The highest BCUT2D eigenvalue weighted by molar-refractivity contribution is 7.92. The van der Waals surface area contributed by atoms with Crippen LogP contribution in [0.4, 0.5) is 20.2 Å². The lowest BCUT2D eigenvalue weighted by atomic mass is 10.1. The summed E-state index contributed by atoms with van der Waals surface area (Å²) in [5, 5.41) is 3.27. The highest BCUT2D eigenvalue weighted by Crippen LogP contribution is 2.26. The Morgan fingerprint density at radius 2 is 1.75 bits per heavy atom. The number of aryl methyl sites for hydroxylation is 1. The third-order valence-corrected chi connectivity index (χ3v) is 5.66. The Bertz CT molecular complexity index is 889. The van der Waals surface area contributed by atoms with Gasteiger partial charge >= 0.3 is 6.61 Å². The molecule has 1 fully saturated rings. The Balaban J connectivity index is 0.00000280. The zero-order valence-corrected chi connectivity index (χ0v) is 16.8. The van der Waals surface area contributed by atoms with Crippen LogP contribution in [0.25, 0.3) is 0 Å². The molecule has 0 aromatic heterocycles. The van der Waals surface area contributed by atoms with Crippen LogP contribution in [0.1, 0.15) is 5.56 Å². The molecule has 0 amide bonds. The van der Waals surface area contributed by atoms with Gasteiger partial charge in [0.1, 0.15) is 5.75 Å². The SMILES string of the molecule is Cc1ccc(S(=O)(=O)Nc2ccc(OC(F)F)cc2)cc1N1CCNCC1.Cl. The first kappa shape index (κ1) is 22.2. The molecule has 0 spiro atoms. The molecule has 6 nitrogen and oxygen atoms in total. The predicted octanol–water partition coefficient (Wildman–Crippen LogP) is 3.23. The molecule has 1 heterocycles. The Morgan fingerprint density at radius 3 is 2.36 bits per heavy atom. The van der Waals surface area contributed by atoms with Crippen LogP contribution >= 0.6 is 12.4 Å². The number of nitrogens with one attached hydrogen (secondary N) is 2. The van der Waals surface area contributed by atoms with E-state index in [0.717, 1.165) is 37.4 Å². The van der Waals surface area contributed by atoms with Gasteiger partial charge < -0.3 is 15.0 Å². The van der Waals surface area contributed by atoms with Gasteiger partial charge in [0.2, 0.25) is 0 Å². The van der Waals surface area contributed by atoms with Crippen molar-refractivity contribution in [1.82, 2.24) is 5.32 Å². The molecule has 0 radical (unpaired) electrons. The molecule has 0 atom stereocenters. The lowest BCUT2D eigenvalue weighted by Crippen LogP contribution is -2.43. The summed E-state index contributed by atoms with van der Waals surface area (Å²) in [5.74, 6) is -0.0377. The van der Waals surface area contributed by atoms with Gasteiger partial charge in [-0.2, -0.15) is 8.78 Å². The minimum atomic E-state index is -3.81. The zero-order chi connectivity index (χ0) is 19.4. The molecule has 2 aromatic carbocycles. The van der Waals surface area contributed by atoms with Crippen LogP contribution in [0.15, 0.2) is 47.4 Å². The van der Waals surface area contributed by atoms with Crippen molar-refractivity contribution < 1.29 is 21.9 Å². The number of alkyl halides is 2. The number of benzene rings is 2. The van der Waals surface area contributed by atoms with E-state index in [2.05, 4.69) is 19.7 Å². The maximum atomic E-state index is 12.7. The number of hydrogen-bond acceptors (Lipinski definition) is 5. The lowest BCUT2D eigenvalue weighted by Gasteiger charge is -2.31. The number of ether oxygens (including phenoxy) is 1. The van der Waals surface area contributed by atoms with Gasteiger partial charge in [0.15, 0.2) is 0 Å². The van der Waals surface area contributed by atoms with Gasteiger partial charge in [-0.15, -0.1) is 12.4 Å². The summed E-state index contributed by atoms with van der Waals surface area (Å²) in [6, 6.07) is 10.3. The highest BCUT2D eigenvalue weighted by Gasteiger charge is 2.19. The van der Waals surface area contributed by atoms with E-state index in [9.17, 15) is 17.2 Å². The fraction of sp³-hybridized carbons (Fsp3) is 0.333. The van der Waals surface area contributed by atoms with Gasteiger partial charge in [0, 0.05) is 37.6 Å². The lowest BCUT2D eigenvalue weighted by molar-refractivity contribution is -0.0498. The molecule has 1 aliphatic heterocycles. The summed E-state index contributed by atoms with van der Waals surface area (Å²) < 4.78 is 56.5. The summed E-state index contributed by atoms with van der Waals surface area (Å²) >= 11 is 0. The molecule has 3 rings (SSSR count). The molecular weight excluding hydrogens is 412 g/mol. The second-order valence-electron chi connectivity index (χ2n) is 6.19. The molecule has 0 saturated carbocycles. The van der Waals surface area contributed by atoms with Crippen LogP contribution in [0.5, 0.6) is 5.75 Å². The zero-order valence-electron chi connectivity index (χ0n) is 15.2. The average Bonchev–Trinajstić information content (AvgIpc) is 2.63. The van der Waals surface area contributed by atoms with E-state index in [1.807, 2.05) is 6.92 Å². The maximum Gasteiger partial charge on any atom is 0.387 e. The van der Waals surface area contributed by atoms with Crippen LogP contribution in [0, 0.1) is 6.92 Å². The third-order valence-electron chi connectivity index (χ3n) is 4.28. The predicted molar refractivity (Wildman–Crippen MR) is 107 cm³/mol. The summed E-state index contributed by atoms with van der Waals surface area (Å²) in [5.41, 5.74) is 2.16. The first-order valence-electron chi connectivity index (χ1n) is 8.49. The van der Waals surface area contributed by atoms with Crippen molar-refractivity contribution in [2.75, 3.05) is 35.8 Å². The Labute approximate surface area is 169 Å². The van der Waals surface area contributed by atoms with Crippen molar-refractivity contribution in [3.8, 4) is 5.75 Å². The molecule has 28 heavy (non-hydrogen) atoms. The van der Waals surface area contributed by atoms with Gasteiger partial charge in [-0.3, -0.25) is 4.72 Å².